The minimum Gasteiger partial charge on any atom is -0.228 e. The first-order valence-corrected chi connectivity index (χ1v) is 4.55. The quantitative estimate of drug-likeness (QED) is 0.650. The number of hydrogen-bond donors (Lipinski definition) is 0. The molecule has 15 heavy (non-hydrogen) atoms. The number of rotatable bonds is 1. The van der Waals surface area contributed by atoms with Crippen LogP contribution in [0.5, 0.6) is 0 Å². The van der Waals surface area contributed by atoms with Crippen molar-refractivity contribution in [3.8, 4) is 11.1 Å². The van der Waals surface area contributed by atoms with Crippen LogP contribution in [0.3, 0.4) is 0 Å². The molecule has 1 aromatic heterocycles. The van der Waals surface area contributed by atoms with Crippen molar-refractivity contribution >= 4 is 0 Å². The highest BCUT2D eigenvalue weighted by Gasteiger charge is 2.09. The Bertz CT molecular complexity index is 474. The van der Waals surface area contributed by atoms with E-state index in [1.807, 2.05) is 0 Å². The van der Waals surface area contributed by atoms with Gasteiger partial charge in [-0.15, -0.1) is 0 Å². The van der Waals surface area contributed by atoms with Gasteiger partial charge in [-0.1, -0.05) is 12.1 Å². The molecule has 0 atom stereocenters. The lowest BCUT2D eigenvalue weighted by Gasteiger charge is -2.06. The van der Waals surface area contributed by atoms with Crippen molar-refractivity contribution in [1.29, 1.82) is 0 Å². The van der Waals surface area contributed by atoms with E-state index in [2.05, 4.69) is 4.98 Å². The third kappa shape index (κ3) is 1.86. The molecule has 3 heteroatoms. The average molecular weight is 205 g/mol. The molecule has 0 saturated carbocycles. The maximum absolute atomic E-state index is 13.4. The fourth-order valence-electron chi connectivity index (χ4n) is 1.52. The number of nitrogens with zero attached hydrogens (tertiary/aromatic N) is 1. The third-order valence-corrected chi connectivity index (χ3v) is 2.23. The van der Waals surface area contributed by atoms with Crippen LogP contribution in [0.15, 0.2) is 36.5 Å². The first-order valence-electron chi connectivity index (χ1n) is 4.55. The second-order valence-electron chi connectivity index (χ2n) is 3.30. The molecule has 0 amide bonds. The summed E-state index contributed by atoms with van der Waals surface area (Å²) in [6.45, 7) is 1.77. The standard InChI is InChI=1S/C12H9F2N/c1-8-5-6-15-12(14)11(8)9-3-2-4-10(13)7-9/h2-7H,1H3. The van der Waals surface area contributed by atoms with Gasteiger partial charge < -0.3 is 0 Å². The maximum atomic E-state index is 13.4. The Kier molecular flexibility index (Phi) is 2.46. The zero-order valence-electron chi connectivity index (χ0n) is 8.17. The predicted molar refractivity (Wildman–Crippen MR) is 54.3 cm³/mol. The fraction of sp³-hybridized carbons (Fsp3) is 0.0833. The van der Waals surface area contributed by atoms with Gasteiger partial charge in [-0.2, -0.15) is 4.39 Å². The van der Waals surface area contributed by atoms with Crippen LogP contribution >= 0.6 is 0 Å². The Hall–Kier alpha value is -1.77. The molecule has 2 aromatic rings. The van der Waals surface area contributed by atoms with E-state index in [9.17, 15) is 8.78 Å². The van der Waals surface area contributed by atoms with Crippen molar-refractivity contribution in [3.05, 3.63) is 53.9 Å². The summed E-state index contributed by atoms with van der Waals surface area (Å²) in [5.41, 5.74) is 1.61. The van der Waals surface area contributed by atoms with Gasteiger partial charge in [0.25, 0.3) is 0 Å². The summed E-state index contributed by atoms with van der Waals surface area (Å²) in [5.74, 6) is -0.948. The second-order valence-corrected chi connectivity index (χ2v) is 3.30. The van der Waals surface area contributed by atoms with Crippen molar-refractivity contribution in [3.63, 3.8) is 0 Å². The van der Waals surface area contributed by atoms with Gasteiger partial charge in [0, 0.05) is 11.8 Å². The van der Waals surface area contributed by atoms with Crippen LogP contribution in [0.1, 0.15) is 5.56 Å². The molecular formula is C12H9F2N. The lowest BCUT2D eigenvalue weighted by molar-refractivity contribution is 0.586. The lowest BCUT2D eigenvalue weighted by Crippen LogP contribution is -1.92. The van der Waals surface area contributed by atoms with Crippen LogP contribution in [0, 0.1) is 18.7 Å². The van der Waals surface area contributed by atoms with Gasteiger partial charge in [0.1, 0.15) is 5.82 Å². The number of aryl methyl sites for hydroxylation is 1. The van der Waals surface area contributed by atoms with E-state index in [-0.39, 0.29) is 5.82 Å². The highest BCUT2D eigenvalue weighted by molar-refractivity contribution is 5.66. The van der Waals surface area contributed by atoms with Crippen molar-refractivity contribution in [2.75, 3.05) is 0 Å². The number of aromatic nitrogens is 1. The monoisotopic (exact) mass is 205 g/mol. The minimum absolute atomic E-state index is 0.358. The molecule has 0 radical (unpaired) electrons. The van der Waals surface area contributed by atoms with Crippen LogP contribution < -0.4 is 0 Å². The van der Waals surface area contributed by atoms with Crippen molar-refractivity contribution in [2.45, 2.75) is 6.92 Å². The van der Waals surface area contributed by atoms with E-state index in [0.717, 1.165) is 5.56 Å². The number of benzene rings is 1. The maximum Gasteiger partial charge on any atom is 0.220 e. The van der Waals surface area contributed by atoms with Gasteiger partial charge in [0.2, 0.25) is 5.95 Å². The van der Waals surface area contributed by atoms with E-state index >= 15 is 0 Å². The van der Waals surface area contributed by atoms with Crippen LogP contribution in [0.2, 0.25) is 0 Å². The van der Waals surface area contributed by atoms with Gasteiger partial charge in [-0.05, 0) is 36.2 Å². The first kappa shape index (κ1) is 9.77. The first-order chi connectivity index (χ1) is 7.18. The molecule has 0 N–H and O–H groups in total. The Morgan fingerprint density at radius 3 is 2.60 bits per heavy atom. The van der Waals surface area contributed by atoms with E-state index < -0.39 is 5.95 Å². The Morgan fingerprint density at radius 2 is 1.93 bits per heavy atom. The molecule has 1 nitrogen and oxygen atoms in total. The van der Waals surface area contributed by atoms with Crippen molar-refractivity contribution in [1.82, 2.24) is 4.98 Å². The molecule has 0 aliphatic rings. The van der Waals surface area contributed by atoms with E-state index in [1.165, 1.54) is 18.3 Å². The summed E-state index contributed by atoms with van der Waals surface area (Å²) in [7, 11) is 0. The fourth-order valence-corrected chi connectivity index (χ4v) is 1.52. The van der Waals surface area contributed by atoms with Gasteiger partial charge >= 0.3 is 0 Å². The molecule has 1 heterocycles. The molecule has 0 fully saturated rings. The molecule has 0 spiro atoms. The molecule has 0 unspecified atom stereocenters. The number of hydrogen-bond acceptors (Lipinski definition) is 1. The topological polar surface area (TPSA) is 12.9 Å². The summed E-state index contributed by atoms with van der Waals surface area (Å²) < 4.78 is 26.4. The molecule has 1 aromatic carbocycles. The van der Waals surface area contributed by atoms with Crippen LogP contribution in [0.4, 0.5) is 8.78 Å². The van der Waals surface area contributed by atoms with Crippen molar-refractivity contribution in [2.24, 2.45) is 0 Å². The largest absolute Gasteiger partial charge is 0.228 e. The Morgan fingerprint density at radius 1 is 1.13 bits per heavy atom. The van der Waals surface area contributed by atoms with Gasteiger partial charge in [0.05, 0.1) is 0 Å². The SMILES string of the molecule is Cc1ccnc(F)c1-c1cccc(F)c1. The van der Waals surface area contributed by atoms with E-state index in [0.29, 0.717) is 11.1 Å². The van der Waals surface area contributed by atoms with Gasteiger partial charge in [0.15, 0.2) is 0 Å². The van der Waals surface area contributed by atoms with E-state index in [1.54, 1.807) is 25.1 Å². The molecule has 0 aliphatic carbocycles. The van der Waals surface area contributed by atoms with Gasteiger partial charge in [-0.3, -0.25) is 0 Å². The molecular weight excluding hydrogens is 196 g/mol. The smallest absolute Gasteiger partial charge is 0.220 e. The van der Waals surface area contributed by atoms with E-state index in [4.69, 9.17) is 0 Å². The molecule has 76 valence electrons. The molecule has 2 rings (SSSR count). The summed E-state index contributed by atoms with van der Waals surface area (Å²) >= 11 is 0. The Labute approximate surface area is 86.4 Å². The number of pyridine rings is 1. The predicted octanol–water partition coefficient (Wildman–Crippen LogP) is 3.34. The third-order valence-electron chi connectivity index (χ3n) is 2.23. The van der Waals surface area contributed by atoms with Crippen LogP contribution in [0.25, 0.3) is 11.1 Å². The second kappa shape index (κ2) is 3.77. The highest BCUT2D eigenvalue weighted by Crippen LogP contribution is 2.25. The Balaban J connectivity index is 2.63. The average Bonchev–Trinajstić information content (AvgIpc) is 2.17. The number of halogens is 2. The minimum atomic E-state index is -0.569. The zero-order valence-corrected chi connectivity index (χ0v) is 8.17. The summed E-state index contributed by atoms with van der Waals surface area (Å²) in [4.78, 5) is 3.56. The molecule has 0 aliphatic heterocycles. The normalized spacial score (nSPS) is 10.3. The van der Waals surface area contributed by atoms with Crippen LogP contribution in [-0.4, -0.2) is 4.98 Å². The summed E-state index contributed by atoms with van der Waals surface area (Å²) in [6.07, 6.45) is 1.40. The van der Waals surface area contributed by atoms with Crippen LogP contribution in [-0.2, 0) is 0 Å². The highest BCUT2D eigenvalue weighted by atomic mass is 19.1. The summed E-state index contributed by atoms with van der Waals surface area (Å²) in [6, 6.07) is 7.54. The zero-order chi connectivity index (χ0) is 10.8. The van der Waals surface area contributed by atoms with Crippen molar-refractivity contribution < 1.29 is 8.78 Å². The molecule has 0 bridgehead atoms. The van der Waals surface area contributed by atoms with Gasteiger partial charge in [-0.25, -0.2) is 9.37 Å². The lowest BCUT2D eigenvalue weighted by atomic mass is 10.0. The summed E-state index contributed by atoms with van der Waals surface area (Å²) in [5, 5.41) is 0. The molecule has 0 saturated heterocycles.